The van der Waals surface area contributed by atoms with Gasteiger partial charge in [0, 0.05) is 19.5 Å². The predicted octanol–water partition coefficient (Wildman–Crippen LogP) is 1.03. The van der Waals surface area contributed by atoms with E-state index in [4.69, 9.17) is 9.57 Å². The Balaban J connectivity index is 1.97. The zero-order chi connectivity index (χ0) is 11.4. The molecule has 1 aliphatic rings. The van der Waals surface area contributed by atoms with Crippen molar-refractivity contribution >= 4 is 0 Å². The first kappa shape index (κ1) is 11.4. The Morgan fingerprint density at radius 3 is 2.69 bits per heavy atom. The van der Waals surface area contributed by atoms with Gasteiger partial charge in [0.15, 0.2) is 0 Å². The first-order valence-electron chi connectivity index (χ1n) is 5.50. The Kier molecular flexibility index (Phi) is 3.77. The van der Waals surface area contributed by atoms with Crippen molar-refractivity contribution < 1.29 is 9.57 Å². The maximum Gasteiger partial charge on any atom is 0.118 e. The minimum absolute atomic E-state index is 0.276. The van der Waals surface area contributed by atoms with Crippen molar-refractivity contribution in [2.75, 3.05) is 27.3 Å². The third kappa shape index (κ3) is 2.52. The third-order valence-corrected chi connectivity index (χ3v) is 2.88. The number of benzene rings is 1. The maximum absolute atomic E-state index is 5.29. The molecule has 0 saturated carbocycles. The molecular formula is C12H18N2O2. The molecule has 1 saturated heterocycles. The monoisotopic (exact) mass is 222 g/mol. The summed E-state index contributed by atoms with van der Waals surface area (Å²) in [6.07, 6.45) is 1.22. The molecule has 0 aromatic heterocycles. The zero-order valence-electron chi connectivity index (χ0n) is 9.77. The minimum atomic E-state index is 0.276. The number of ether oxygens (including phenoxy) is 1. The molecule has 0 spiro atoms. The number of methoxy groups -OCH3 is 1. The number of nitrogens with zero attached hydrogens (tertiary/aromatic N) is 1. The van der Waals surface area contributed by atoms with E-state index in [0.29, 0.717) is 0 Å². The molecule has 4 nitrogen and oxygen atoms in total. The average Bonchev–Trinajstić information content (AvgIpc) is 2.77. The highest BCUT2D eigenvalue weighted by Gasteiger charge is 2.23. The molecule has 1 fully saturated rings. The third-order valence-electron chi connectivity index (χ3n) is 2.88. The van der Waals surface area contributed by atoms with E-state index in [-0.39, 0.29) is 6.17 Å². The van der Waals surface area contributed by atoms with Gasteiger partial charge in [0.25, 0.3) is 0 Å². The van der Waals surface area contributed by atoms with Crippen LogP contribution in [0.3, 0.4) is 0 Å². The van der Waals surface area contributed by atoms with E-state index in [0.717, 1.165) is 25.3 Å². The lowest BCUT2D eigenvalue weighted by atomic mass is 10.1. The summed E-state index contributed by atoms with van der Waals surface area (Å²) in [5.41, 5.74) is 1.28. The second-order valence-corrected chi connectivity index (χ2v) is 3.85. The summed E-state index contributed by atoms with van der Waals surface area (Å²) in [6.45, 7) is 1.92. The molecule has 88 valence electrons. The Bertz CT molecular complexity index is 326. The van der Waals surface area contributed by atoms with Crippen LogP contribution in [0.25, 0.3) is 0 Å². The quantitative estimate of drug-likeness (QED) is 0.825. The molecule has 1 unspecified atom stereocenters. The number of hydrogen-bond donors (Lipinski definition) is 1. The van der Waals surface area contributed by atoms with Crippen LogP contribution in [0.15, 0.2) is 24.3 Å². The predicted molar refractivity (Wildman–Crippen MR) is 62.2 cm³/mol. The second-order valence-electron chi connectivity index (χ2n) is 3.85. The van der Waals surface area contributed by atoms with E-state index >= 15 is 0 Å². The van der Waals surface area contributed by atoms with Crippen LogP contribution in [0.1, 0.15) is 5.56 Å². The average molecular weight is 222 g/mol. The van der Waals surface area contributed by atoms with Gasteiger partial charge in [0.2, 0.25) is 0 Å². The van der Waals surface area contributed by atoms with E-state index in [1.54, 1.807) is 14.2 Å². The fourth-order valence-corrected chi connectivity index (χ4v) is 1.98. The highest BCUT2D eigenvalue weighted by molar-refractivity contribution is 5.27. The normalized spacial score (nSPS) is 21.2. The van der Waals surface area contributed by atoms with Gasteiger partial charge in [-0.2, -0.15) is 5.06 Å². The Morgan fingerprint density at radius 1 is 1.31 bits per heavy atom. The summed E-state index contributed by atoms with van der Waals surface area (Å²) in [7, 11) is 3.40. The zero-order valence-corrected chi connectivity index (χ0v) is 9.77. The van der Waals surface area contributed by atoms with E-state index in [2.05, 4.69) is 17.4 Å². The summed E-state index contributed by atoms with van der Waals surface area (Å²) in [4.78, 5) is 5.29. The fourth-order valence-electron chi connectivity index (χ4n) is 1.98. The molecule has 0 amide bonds. The molecular weight excluding hydrogens is 204 g/mol. The van der Waals surface area contributed by atoms with Crippen LogP contribution >= 0.6 is 0 Å². The maximum atomic E-state index is 5.29. The van der Waals surface area contributed by atoms with Crippen LogP contribution in [0.2, 0.25) is 0 Å². The summed E-state index contributed by atoms with van der Waals surface area (Å²) >= 11 is 0. The van der Waals surface area contributed by atoms with Crippen molar-refractivity contribution in [2.24, 2.45) is 0 Å². The number of nitrogens with one attached hydrogen (secondary N) is 1. The molecule has 2 rings (SSSR count). The highest BCUT2D eigenvalue weighted by Crippen LogP contribution is 2.15. The van der Waals surface area contributed by atoms with Crippen LogP contribution in [-0.2, 0) is 11.3 Å². The van der Waals surface area contributed by atoms with Crippen molar-refractivity contribution in [3.63, 3.8) is 0 Å². The van der Waals surface area contributed by atoms with Crippen molar-refractivity contribution in [1.29, 1.82) is 0 Å². The Morgan fingerprint density at radius 2 is 2.06 bits per heavy atom. The van der Waals surface area contributed by atoms with Gasteiger partial charge >= 0.3 is 0 Å². The molecule has 4 heteroatoms. The number of rotatable bonds is 4. The summed E-state index contributed by atoms with van der Waals surface area (Å²) in [5, 5.41) is 5.38. The molecule has 0 radical (unpaired) electrons. The van der Waals surface area contributed by atoms with Crippen molar-refractivity contribution in [1.82, 2.24) is 10.4 Å². The first-order valence-corrected chi connectivity index (χ1v) is 5.50. The van der Waals surface area contributed by atoms with Gasteiger partial charge in [-0.15, -0.1) is 0 Å². The van der Waals surface area contributed by atoms with Crippen LogP contribution < -0.4 is 10.1 Å². The largest absolute Gasteiger partial charge is 0.497 e. The Hall–Kier alpha value is -1.10. The lowest BCUT2D eigenvalue weighted by Gasteiger charge is -2.21. The summed E-state index contributed by atoms with van der Waals surface area (Å²) in [6, 6.07) is 8.15. The number of hydrogen-bond acceptors (Lipinski definition) is 4. The second kappa shape index (κ2) is 5.30. The lowest BCUT2D eigenvalue weighted by Crippen LogP contribution is -2.36. The molecule has 1 atom stereocenters. The van der Waals surface area contributed by atoms with Gasteiger partial charge in [-0.05, 0) is 17.7 Å². The van der Waals surface area contributed by atoms with Crippen molar-refractivity contribution in [2.45, 2.75) is 12.6 Å². The van der Waals surface area contributed by atoms with Crippen LogP contribution in [0.4, 0.5) is 0 Å². The molecule has 1 aromatic rings. The summed E-state index contributed by atoms with van der Waals surface area (Å²) in [5.74, 6) is 0.895. The van der Waals surface area contributed by atoms with Crippen molar-refractivity contribution in [3.05, 3.63) is 29.8 Å². The lowest BCUT2D eigenvalue weighted by molar-refractivity contribution is -0.143. The molecule has 16 heavy (non-hydrogen) atoms. The van der Waals surface area contributed by atoms with Crippen molar-refractivity contribution in [3.8, 4) is 5.75 Å². The smallest absolute Gasteiger partial charge is 0.118 e. The molecule has 1 heterocycles. The highest BCUT2D eigenvalue weighted by atomic mass is 16.7. The summed E-state index contributed by atoms with van der Waals surface area (Å²) < 4.78 is 5.13. The fraction of sp³-hybridized carbons (Fsp3) is 0.500. The molecule has 1 aromatic carbocycles. The SMILES string of the molecule is COc1ccc(CC2NCCN2OC)cc1. The first-order chi connectivity index (χ1) is 7.83. The van der Waals surface area contributed by atoms with Gasteiger partial charge in [-0.25, -0.2) is 0 Å². The van der Waals surface area contributed by atoms with E-state index in [9.17, 15) is 0 Å². The minimum Gasteiger partial charge on any atom is -0.497 e. The Labute approximate surface area is 96.1 Å². The van der Waals surface area contributed by atoms with Gasteiger partial charge in [-0.1, -0.05) is 12.1 Å². The van der Waals surface area contributed by atoms with Gasteiger partial charge in [-0.3, -0.25) is 5.32 Å². The van der Waals surface area contributed by atoms with Gasteiger partial charge < -0.3 is 9.57 Å². The molecule has 1 N–H and O–H groups in total. The van der Waals surface area contributed by atoms with Crippen LogP contribution in [-0.4, -0.2) is 38.5 Å². The van der Waals surface area contributed by atoms with Crippen LogP contribution in [0.5, 0.6) is 5.75 Å². The van der Waals surface area contributed by atoms with E-state index in [1.807, 2.05) is 17.2 Å². The topological polar surface area (TPSA) is 33.7 Å². The number of hydroxylamine groups is 2. The van der Waals surface area contributed by atoms with E-state index in [1.165, 1.54) is 5.56 Å². The van der Waals surface area contributed by atoms with Gasteiger partial charge in [0.1, 0.15) is 5.75 Å². The van der Waals surface area contributed by atoms with Gasteiger partial charge in [0.05, 0.1) is 20.4 Å². The molecule has 0 aliphatic carbocycles. The van der Waals surface area contributed by atoms with Crippen LogP contribution in [0, 0.1) is 0 Å². The molecule has 1 aliphatic heterocycles. The molecule has 0 bridgehead atoms. The standard InChI is InChI=1S/C12H18N2O2/c1-15-11-5-3-10(4-6-11)9-12-13-7-8-14(12)16-2/h3-6,12-13H,7-9H2,1-2H3. The van der Waals surface area contributed by atoms with E-state index < -0.39 is 0 Å².